The van der Waals surface area contributed by atoms with Crippen molar-refractivity contribution in [3.63, 3.8) is 0 Å². The van der Waals surface area contributed by atoms with E-state index in [9.17, 15) is 4.79 Å². The second kappa shape index (κ2) is 9.22. The molecule has 0 aromatic heterocycles. The zero-order chi connectivity index (χ0) is 22.7. The lowest BCUT2D eigenvalue weighted by Crippen LogP contribution is -2.57. The summed E-state index contributed by atoms with van der Waals surface area (Å²) in [6, 6.07) is 14.0. The van der Waals surface area contributed by atoms with Gasteiger partial charge in [0, 0.05) is 17.2 Å². The molecule has 0 radical (unpaired) electrons. The van der Waals surface area contributed by atoms with Crippen LogP contribution < -0.4 is 10.1 Å². The Kier molecular flexibility index (Phi) is 7.36. The minimum atomic E-state index is -0.281. The third kappa shape index (κ3) is 4.54. The molecule has 1 N–H and O–H groups in total. The number of anilines is 1. The molecule has 1 aliphatic rings. The van der Waals surface area contributed by atoms with Gasteiger partial charge in [0.15, 0.2) is 0 Å². The Labute approximate surface area is 182 Å². The first kappa shape index (κ1) is 23.9. The summed E-state index contributed by atoms with van der Waals surface area (Å²) in [7, 11) is 4.21. The van der Waals surface area contributed by atoms with Crippen molar-refractivity contribution in [2.75, 3.05) is 19.4 Å². The molecule has 4 nitrogen and oxygen atoms in total. The summed E-state index contributed by atoms with van der Waals surface area (Å²) in [4.78, 5) is 14.9. The number of ether oxygens (including phenoxy) is 1. The average molecular weight is 411 g/mol. The largest absolute Gasteiger partial charge is 0.487 e. The number of nitrogens with zero attached hydrogens (tertiary/aromatic N) is 1. The molecule has 2 unspecified atom stereocenters. The quantitative estimate of drug-likeness (QED) is 0.694. The number of aryl methyl sites for hydroxylation is 1. The first-order valence-corrected chi connectivity index (χ1v) is 10.9. The molecule has 2 aromatic rings. The van der Waals surface area contributed by atoms with E-state index in [-0.39, 0.29) is 23.0 Å². The van der Waals surface area contributed by atoms with Crippen molar-refractivity contribution in [3.05, 3.63) is 59.2 Å². The van der Waals surface area contributed by atoms with Crippen LogP contribution >= 0.6 is 0 Å². The van der Waals surface area contributed by atoms with Crippen LogP contribution in [0.25, 0.3) is 0 Å². The van der Waals surface area contributed by atoms with E-state index in [1.807, 2.05) is 51.1 Å². The number of nitrogens with one attached hydrogen (secondary N) is 1. The van der Waals surface area contributed by atoms with E-state index in [0.717, 1.165) is 28.1 Å². The summed E-state index contributed by atoms with van der Waals surface area (Å²) in [6.07, 6.45) is 0.363. The monoisotopic (exact) mass is 410 g/mol. The van der Waals surface area contributed by atoms with Gasteiger partial charge in [0.05, 0.1) is 12.0 Å². The smallest absolute Gasteiger partial charge is 0.228 e. The highest BCUT2D eigenvalue weighted by atomic mass is 16.5. The zero-order valence-electron chi connectivity index (χ0n) is 20.1. The molecule has 2 aromatic carbocycles. The van der Waals surface area contributed by atoms with Crippen LogP contribution in [0.3, 0.4) is 0 Å². The lowest BCUT2D eigenvalue weighted by Gasteiger charge is -2.53. The molecule has 1 amide bonds. The summed E-state index contributed by atoms with van der Waals surface area (Å²) >= 11 is 0. The first-order chi connectivity index (χ1) is 14.1. The molecular weight excluding hydrogens is 372 g/mol. The highest BCUT2D eigenvalue weighted by molar-refractivity contribution is 5.93. The molecule has 0 bridgehead atoms. The van der Waals surface area contributed by atoms with Gasteiger partial charge in [-0.3, -0.25) is 9.69 Å². The summed E-state index contributed by atoms with van der Waals surface area (Å²) in [5, 5.41) is 3.11. The van der Waals surface area contributed by atoms with Crippen LogP contribution in [0.4, 0.5) is 5.69 Å². The number of rotatable bonds is 4. The highest BCUT2D eigenvalue weighted by Crippen LogP contribution is 2.51. The Balaban J connectivity index is 0.00000155. The third-order valence-electron chi connectivity index (χ3n) is 6.54. The molecule has 1 heterocycles. The van der Waals surface area contributed by atoms with Crippen molar-refractivity contribution < 1.29 is 9.53 Å². The molecule has 4 heteroatoms. The van der Waals surface area contributed by atoms with E-state index in [4.69, 9.17) is 4.74 Å². The van der Waals surface area contributed by atoms with Gasteiger partial charge < -0.3 is 10.1 Å². The van der Waals surface area contributed by atoms with Gasteiger partial charge in [-0.25, -0.2) is 0 Å². The number of hydrogen-bond donors (Lipinski definition) is 1. The van der Waals surface area contributed by atoms with E-state index in [1.165, 1.54) is 0 Å². The van der Waals surface area contributed by atoms with Crippen LogP contribution in [0.15, 0.2) is 42.5 Å². The van der Waals surface area contributed by atoms with Crippen LogP contribution in [0.1, 0.15) is 58.2 Å². The summed E-state index contributed by atoms with van der Waals surface area (Å²) in [5.74, 6) is 1.15. The number of amides is 1. The number of benzene rings is 2. The Morgan fingerprint density at radius 2 is 1.70 bits per heavy atom. The number of fused-ring (bicyclic) bond motifs is 1. The van der Waals surface area contributed by atoms with E-state index in [2.05, 4.69) is 64.1 Å². The zero-order valence-corrected chi connectivity index (χ0v) is 20.1. The Morgan fingerprint density at radius 1 is 1.10 bits per heavy atom. The standard InChI is InChI=1S/C24H32N2O2.C2H6/c1-16-13-21-19(24(5,26(6)7)17(2)23(3,4)28-21)15-20(16)25-22(27)14-18-11-9-8-10-12-18;1-2/h8-13,15,17H,14H2,1-7H3,(H,25,27);1-2H3. The number of hydrogen-bond acceptors (Lipinski definition) is 3. The maximum absolute atomic E-state index is 12.6. The molecule has 164 valence electrons. The predicted molar refractivity (Wildman–Crippen MR) is 126 cm³/mol. The molecule has 2 atom stereocenters. The van der Waals surface area contributed by atoms with Gasteiger partial charge in [0.25, 0.3) is 0 Å². The van der Waals surface area contributed by atoms with E-state index < -0.39 is 0 Å². The highest BCUT2D eigenvalue weighted by Gasteiger charge is 2.50. The van der Waals surface area contributed by atoms with Crippen molar-refractivity contribution in [1.82, 2.24) is 4.90 Å². The Morgan fingerprint density at radius 3 is 2.27 bits per heavy atom. The fourth-order valence-electron chi connectivity index (χ4n) is 4.18. The SMILES string of the molecule is CC.Cc1cc2c(cc1NC(=O)Cc1ccccc1)C(C)(N(C)C)C(C)C(C)(C)O2. The van der Waals surface area contributed by atoms with Crippen molar-refractivity contribution in [3.8, 4) is 5.75 Å². The topological polar surface area (TPSA) is 41.6 Å². The van der Waals surface area contributed by atoms with Gasteiger partial charge >= 0.3 is 0 Å². The second-order valence-electron chi connectivity index (χ2n) is 8.84. The predicted octanol–water partition coefficient (Wildman–Crippen LogP) is 5.79. The number of carbonyl (C=O) groups excluding carboxylic acids is 1. The fourth-order valence-corrected chi connectivity index (χ4v) is 4.18. The second-order valence-corrected chi connectivity index (χ2v) is 8.84. The van der Waals surface area contributed by atoms with Crippen LogP contribution in [-0.4, -0.2) is 30.5 Å². The fraction of sp³-hybridized carbons (Fsp3) is 0.500. The van der Waals surface area contributed by atoms with E-state index in [0.29, 0.717) is 6.42 Å². The molecule has 0 spiro atoms. The lowest BCUT2D eigenvalue weighted by molar-refractivity contribution is -0.115. The van der Waals surface area contributed by atoms with Crippen molar-refractivity contribution in [2.45, 2.75) is 66.0 Å². The van der Waals surface area contributed by atoms with Gasteiger partial charge in [0.1, 0.15) is 11.4 Å². The molecular formula is C26H38N2O2. The van der Waals surface area contributed by atoms with E-state index in [1.54, 1.807) is 0 Å². The summed E-state index contributed by atoms with van der Waals surface area (Å²) in [6.45, 7) is 14.8. The molecule has 0 aliphatic carbocycles. The lowest BCUT2D eigenvalue weighted by atomic mass is 9.69. The van der Waals surface area contributed by atoms with Crippen molar-refractivity contribution in [1.29, 1.82) is 0 Å². The minimum Gasteiger partial charge on any atom is -0.487 e. The summed E-state index contributed by atoms with van der Waals surface area (Å²) in [5.41, 5.74) is 3.49. The molecule has 0 fully saturated rings. The molecule has 30 heavy (non-hydrogen) atoms. The normalized spacial score (nSPS) is 21.7. The molecule has 3 rings (SSSR count). The third-order valence-corrected chi connectivity index (χ3v) is 6.54. The van der Waals surface area contributed by atoms with Crippen LogP contribution in [0.5, 0.6) is 5.75 Å². The molecule has 0 saturated carbocycles. The van der Waals surface area contributed by atoms with Crippen molar-refractivity contribution >= 4 is 11.6 Å². The molecule has 1 aliphatic heterocycles. The van der Waals surface area contributed by atoms with Crippen LogP contribution in [0, 0.1) is 12.8 Å². The van der Waals surface area contributed by atoms with Gasteiger partial charge in [-0.2, -0.15) is 0 Å². The van der Waals surface area contributed by atoms with Gasteiger partial charge in [-0.15, -0.1) is 0 Å². The minimum absolute atomic E-state index is 0.00841. The Bertz CT molecular complexity index is 874. The van der Waals surface area contributed by atoms with Gasteiger partial charge in [-0.1, -0.05) is 51.1 Å². The average Bonchev–Trinajstić information content (AvgIpc) is 2.69. The summed E-state index contributed by atoms with van der Waals surface area (Å²) < 4.78 is 6.37. The van der Waals surface area contributed by atoms with Gasteiger partial charge in [-0.05, 0) is 65.0 Å². The van der Waals surface area contributed by atoms with Crippen molar-refractivity contribution in [2.24, 2.45) is 5.92 Å². The van der Waals surface area contributed by atoms with Crippen LogP contribution in [-0.2, 0) is 16.8 Å². The van der Waals surface area contributed by atoms with E-state index >= 15 is 0 Å². The molecule has 0 saturated heterocycles. The van der Waals surface area contributed by atoms with Crippen LogP contribution in [0.2, 0.25) is 0 Å². The first-order valence-electron chi connectivity index (χ1n) is 10.9. The maximum atomic E-state index is 12.6. The number of carbonyl (C=O) groups is 1. The maximum Gasteiger partial charge on any atom is 0.228 e. The van der Waals surface area contributed by atoms with Gasteiger partial charge in [0.2, 0.25) is 5.91 Å². The Hall–Kier alpha value is -2.33.